The lowest BCUT2D eigenvalue weighted by Crippen LogP contribution is -2.25. The highest BCUT2D eigenvalue weighted by Crippen LogP contribution is 2.31. The van der Waals surface area contributed by atoms with Crippen molar-refractivity contribution in [3.63, 3.8) is 0 Å². The van der Waals surface area contributed by atoms with E-state index in [9.17, 15) is 19.5 Å². The summed E-state index contributed by atoms with van der Waals surface area (Å²) in [6.07, 6.45) is 0.458. The predicted molar refractivity (Wildman–Crippen MR) is 136 cm³/mol. The summed E-state index contributed by atoms with van der Waals surface area (Å²) in [7, 11) is 0. The molecule has 8 nitrogen and oxygen atoms in total. The van der Waals surface area contributed by atoms with E-state index in [0.29, 0.717) is 23.7 Å². The van der Waals surface area contributed by atoms with E-state index in [4.69, 9.17) is 13.9 Å². The third-order valence-electron chi connectivity index (χ3n) is 5.57. The molecule has 2 heterocycles. The summed E-state index contributed by atoms with van der Waals surface area (Å²) in [5, 5.41) is 12.0. The molecule has 1 aromatic heterocycles. The Balaban J connectivity index is 1.20. The minimum absolute atomic E-state index is 0.0937. The molecule has 1 atom stereocenters. The smallest absolute Gasteiger partial charge is 0.286 e. The standard InChI is InChI=1S/C27H21NO7S/c29-20-13-19(14-23-25(20)21(30)15-22(35-23)17-4-2-1-3-5-17)34-11-10-33-18-8-6-16(7-9-18)12-24-26(31)28-27(32)36-24/h1-9,13-15,24,29H,10-12H2,(H,28,31,32). The van der Waals surface area contributed by atoms with E-state index in [1.807, 2.05) is 42.5 Å². The molecule has 0 radical (unpaired) electrons. The molecule has 5 rings (SSSR count). The summed E-state index contributed by atoms with van der Waals surface area (Å²) < 4.78 is 17.3. The van der Waals surface area contributed by atoms with Gasteiger partial charge in [-0.25, -0.2) is 0 Å². The molecule has 0 bridgehead atoms. The number of hydrogen-bond acceptors (Lipinski definition) is 8. The summed E-state index contributed by atoms with van der Waals surface area (Å²) in [6, 6.07) is 20.8. The molecule has 2 amide bonds. The molecule has 3 aromatic carbocycles. The van der Waals surface area contributed by atoms with Crippen LogP contribution in [0.4, 0.5) is 4.79 Å². The second-order valence-corrected chi connectivity index (χ2v) is 9.26. The van der Waals surface area contributed by atoms with Crippen LogP contribution in [0.2, 0.25) is 0 Å². The van der Waals surface area contributed by atoms with Gasteiger partial charge in [0.1, 0.15) is 47.2 Å². The van der Waals surface area contributed by atoms with Gasteiger partial charge in [0.25, 0.3) is 5.24 Å². The Morgan fingerprint density at radius 2 is 1.61 bits per heavy atom. The van der Waals surface area contributed by atoms with Crippen molar-refractivity contribution in [3.05, 3.63) is 88.6 Å². The van der Waals surface area contributed by atoms with E-state index in [1.54, 1.807) is 18.2 Å². The number of amides is 2. The first-order chi connectivity index (χ1) is 17.5. The van der Waals surface area contributed by atoms with Crippen molar-refractivity contribution in [2.75, 3.05) is 13.2 Å². The highest BCUT2D eigenvalue weighted by molar-refractivity contribution is 8.15. The molecule has 36 heavy (non-hydrogen) atoms. The van der Waals surface area contributed by atoms with E-state index in [0.717, 1.165) is 22.9 Å². The van der Waals surface area contributed by atoms with Gasteiger partial charge in [0.2, 0.25) is 5.91 Å². The van der Waals surface area contributed by atoms with Crippen molar-refractivity contribution < 1.29 is 28.6 Å². The Morgan fingerprint density at radius 3 is 2.31 bits per heavy atom. The predicted octanol–water partition coefficient (Wildman–Crippen LogP) is 4.52. The van der Waals surface area contributed by atoms with Gasteiger partial charge in [0, 0.05) is 23.8 Å². The molecule has 1 aliphatic rings. The second kappa shape index (κ2) is 10.2. The van der Waals surface area contributed by atoms with Crippen molar-refractivity contribution in [2.24, 2.45) is 0 Å². The van der Waals surface area contributed by atoms with Gasteiger partial charge in [-0.2, -0.15) is 0 Å². The number of carbonyl (C=O) groups excluding carboxylic acids is 2. The van der Waals surface area contributed by atoms with Crippen molar-refractivity contribution in [1.29, 1.82) is 0 Å². The Hall–Kier alpha value is -4.24. The molecule has 1 saturated heterocycles. The number of ether oxygens (including phenoxy) is 2. The number of fused-ring (bicyclic) bond motifs is 1. The molecule has 1 fully saturated rings. The zero-order valence-corrected chi connectivity index (χ0v) is 19.7. The highest BCUT2D eigenvalue weighted by atomic mass is 32.2. The van der Waals surface area contributed by atoms with Crippen LogP contribution < -0.4 is 20.2 Å². The van der Waals surface area contributed by atoms with Gasteiger partial charge >= 0.3 is 0 Å². The number of thioether (sulfide) groups is 1. The molecule has 2 N–H and O–H groups in total. The number of carbonyl (C=O) groups is 2. The van der Waals surface area contributed by atoms with E-state index in [2.05, 4.69) is 5.32 Å². The van der Waals surface area contributed by atoms with Gasteiger partial charge in [-0.05, 0) is 24.1 Å². The topological polar surface area (TPSA) is 115 Å². The van der Waals surface area contributed by atoms with Crippen LogP contribution in [-0.2, 0) is 11.2 Å². The Morgan fingerprint density at radius 1 is 0.889 bits per heavy atom. The Bertz CT molecular complexity index is 1480. The van der Waals surface area contributed by atoms with Crippen molar-refractivity contribution in [2.45, 2.75) is 11.7 Å². The zero-order chi connectivity index (χ0) is 25.1. The fraction of sp³-hybridized carbons (Fsp3) is 0.148. The minimum atomic E-state index is -0.413. The second-order valence-electron chi connectivity index (χ2n) is 8.08. The lowest BCUT2D eigenvalue weighted by Gasteiger charge is -2.11. The van der Waals surface area contributed by atoms with E-state index >= 15 is 0 Å². The monoisotopic (exact) mass is 503 g/mol. The normalized spacial score (nSPS) is 15.2. The van der Waals surface area contributed by atoms with E-state index < -0.39 is 5.25 Å². The van der Waals surface area contributed by atoms with Gasteiger partial charge in [-0.3, -0.25) is 19.7 Å². The molecule has 182 valence electrons. The van der Waals surface area contributed by atoms with Crippen LogP contribution in [0, 0.1) is 0 Å². The molecule has 0 spiro atoms. The number of phenolic OH excluding ortho intramolecular Hbond substituents is 1. The fourth-order valence-corrected chi connectivity index (χ4v) is 4.71. The number of rotatable bonds is 8. The van der Waals surface area contributed by atoms with Gasteiger partial charge < -0.3 is 19.0 Å². The molecule has 1 aliphatic heterocycles. The largest absolute Gasteiger partial charge is 0.507 e. The van der Waals surface area contributed by atoms with Gasteiger partial charge in [-0.15, -0.1) is 0 Å². The van der Waals surface area contributed by atoms with Gasteiger partial charge in [-0.1, -0.05) is 54.2 Å². The van der Waals surface area contributed by atoms with Crippen LogP contribution in [0.15, 0.2) is 82.0 Å². The summed E-state index contributed by atoms with van der Waals surface area (Å²) in [5.74, 6) is 0.882. The first-order valence-corrected chi connectivity index (χ1v) is 12.1. The zero-order valence-electron chi connectivity index (χ0n) is 18.9. The third-order valence-corrected chi connectivity index (χ3v) is 6.56. The van der Waals surface area contributed by atoms with Crippen LogP contribution >= 0.6 is 11.8 Å². The molecular weight excluding hydrogens is 482 g/mol. The van der Waals surface area contributed by atoms with Gasteiger partial charge in [0.05, 0.1) is 5.25 Å². The van der Waals surface area contributed by atoms with E-state index in [-0.39, 0.29) is 46.5 Å². The van der Waals surface area contributed by atoms with Crippen LogP contribution in [-0.4, -0.2) is 34.7 Å². The lowest BCUT2D eigenvalue weighted by molar-refractivity contribution is -0.118. The Labute approximate surface area is 209 Å². The number of nitrogens with one attached hydrogen (secondary N) is 1. The summed E-state index contributed by atoms with van der Waals surface area (Å²) >= 11 is 1.00. The van der Waals surface area contributed by atoms with Crippen molar-refractivity contribution in [3.8, 4) is 28.6 Å². The number of hydrogen-bond donors (Lipinski definition) is 2. The average molecular weight is 504 g/mol. The van der Waals surface area contributed by atoms with Gasteiger partial charge in [0.15, 0.2) is 5.43 Å². The number of benzene rings is 3. The molecule has 1 unspecified atom stereocenters. The SMILES string of the molecule is O=C1NC(=O)C(Cc2ccc(OCCOc3cc(O)c4c(=O)cc(-c5ccccc5)oc4c3)cc2)S1. The number of imide groups is 1. The van der Waals surface area contributed by atoms with Crippen molar-refractivity contribution in [1.82, 2.24) is 5.32 Å². The maximum atomic E-state index is 12.6. The van der Waals surface area contributed by atoms with Crippen LogP contribution in [0.25, 0.3) is 22.3 Å². The molecule has 9 heteroatoms. The van der Waals surface area contributed by atoms with Crippen LogP contribution in [0.5, 0.6) is 17.2 Å². The summed E-state index contributed by atoms with van der Waals surface area (Å²) in [4.78, 5) is 35.6. The Kier molecular flexibility index (Phi) is 6.64. The quantitative estimate of drug-likeness (QED) is 0.337. The first-order valence-electron chi connectivity index (χ1n) is 11.2. The first kappa shape index (κ1) is 23.5. The lowest BCUT2D eigenvalue weighted by atomic mass is 10.1. The summed E-state index contributed by atoms with van der Waals surface area (Å²) in [6.45, 7) is 0.428. The minimum Gasteiger partial charge on any atom is -0.507 e. The molecule has 0 aliphatic carbocycles. The molecular formula is C27H21NO7S. The fourth-order valence-electron chi connectivity index (χ4n) is 3.85. The third kappa shape index (κ3) is 5.21. The average Bonchev–Trinajstić information content (AvgIpc) is 3.19. The maximum absolute atomic E-state index is 12.6. The summed E-state index contributed by atoms with van der Waals surface area (Å²) in [5.41, 5.74) is 1.55. The van der Waals surface area contributed by atoms with Crippen LogP contribution in [0.3, 0.4) is 0 Å². The highest BCUT2D eigenvalue weighted by Gasteiger charge is 2.31. The van der Waals surface area contributed by atoms with Crippen LogP contribution in [0.1, 0.15) is 5.56 Å². The molecule has 0 saturated carbocycles. The maximum Gasteiger partial charge on any atom is 0.286 e. The number of aromatic hydroxyl groups is 1. The number of phenols is 1. The van der Waals surface area contributed by atoms with E-state index in [1.165, 1.54) is 12.1 Å². The molecule has 4 aromatic rings. The van der Waals surface area contributed by atoms with Crippen molar-refractivity contribution >= 4 is 33.9 Å².